The zero-order valence-electron chi connectivity index (χ0n) is 55.4. The molecule has 0 bridgehead atoms. The third kappa shape index (κ3) is 18.3. The monoisotopic (exact) mass is 1430 g/mol. The molecule has 3 aliphatic rings. The molecule has 19 nitrogen and oxygen atoms in total. The van der Waals surface area contributed by atoms with E-state index in [0.717, 1.165) is 76.7 Å². The van der Waals surface area contributed by atoms with Crippen LogP contribution in [0.3, 0.4) is 0 Å². The SMILES string of the molecule is COc1cc(C)cc(C(=O)Nc2ccc(Cl)cn2)c1CC(=O)c1ccc(C2=NCCN2C)cc1.Cc1ccc(CC(=O)c2ccc(C3=NCCN3C)cc2)c(C(=O)Nc2ccc(Br)cn2)c1.Cc1ccc(CC(=O)c2ccc(C3=NCCN3C)cc2F)c(C(=O)Nc2ccc(Cl)cn2)c1. The lowest BCUT2D eigenvalue weighted by Crippen LogP contribution is -2.23. The molecule has 99 heavy (non-hydrogen) atoms. The minimum absolute atomic E-state index is 0.0143. The Hall–Kier alpha value is -10.6. The number of aliphatic imine (C=N–C) groups is 3. The number of likely N-dealkylation sites (N-methyl/N-ethyl adjacent to an activating group) is 3. The summed E-state index contributed by atoms with van der Waals surface area (Å²) >= 11 is 15.1. The standard InChI is InChI=1S/C26H25ClN4O3.C25H23BrN4O2.C25H22ClFN4O2/c1-16-12-21(26(33)30-24-9-8-19(27)15-29-24)20(23(13-16)34-3)14-22(32)17-4-6-18(7-5-17)25-28-10-11-31(25)2;1-16-3-4-19(21(13-16)25(32)29-23-10-9-20(26)15-28-23)14-22(31)17-5-7-18(8-6-17)24-27-11-12-30(24)2;1-15-3-4-16(20(11-15)25(33)30-23-8-6-18(26)14-29-23)13-22(32)19-7-5-17(12-21(19)27)24-28-9-10-31(24)2/h4-9,12-13,15H,10-11,14H2,1-3H3,(H,29,30,33);3-10,13,15H,11-12,14H2,1-2H3,(H,28,29,32);3-8,11-12,14H,9-10,13H2,1-2H3,(H,29,30,33). The van der Waals surface area contributed by atoms with Gasteiger partial charge in [0.05, 0.1) is 42.4 Å². The third-order valence-corrected chi connectivity index (χ3v) is 17.3. The smallest absolute Gasteiger partial charge is 0.257 e. The second-order valence-electron chi connectivity index (χ2n) is 23.8. The Bertz CT molecular complexity index is 4630. The predicted molar refractivity (Wildman–Crippen MR) is 390 cm³/mol. The van der Waals surface area contributed by atoms with Gasteiger partial charge in [-0.15, -0.1) is 0 Å². The number of rotatable bonds is 19. The molecular formula is C76H70BrCl2FN12O7. The average molecular weight is 1430 g/mol. The van der Waals surface area contributed by atoms with E-state index in [9.17, 15) is 33.2 Å². The van der Waals surface area contributed by atoms with Crippen LogP contribution >= 0.6 is 39.1 Å². The molecular weight excluding hydrogens is 1360 g/mol. The Morgan fingerprint density at radius 1 is 0.465 bits per heavy atom. The molecule has 0 unspecified atom stereocenters. The van der Waals surface area contributed by atoms with Crippen LogP contribution in [-0.4, -0.2) is 150 Å². The Morgan fingerprint density at radius 2 is 0.879 bits per heavy atom. The van der Waals surface area contributed by atoms with E-state index in [0.29, 0.717) is 95.7 Å². The number of anilines is 3. The van der Waals surface area contributed by atoms with Crippen molar-refractivity contribution in [1.29, 1.82) is 0 Å². The topological polar surface area (TPSA) is 233 Å². The Kier molecular flexibility index (Phi) is 23.5. The number of aromatic nitrogens is 3. The van der Waals surface area contributed by atoms with Gasteiger partial charge in [0, 0.05) is 133 Å². The first-order valence-corrected chi connectivity index (χ1v) is 33.1. The number of pyridine rings is 3. The van der Waals surface area contributed by atoms with Crippen LogP contribution < -0.4 is 20.7 Å². The first kappa shape index (κ1) is 71.2. The van der Waals surface area contributed by atoms with Gasteiger partial charge in [0.15, 0.2) is 17.3 Å². The molecule has 0 saturated carbocycles. The fraction of sp³-hybridized carbons (Fsp3) is 0.211. The van der Waals surface area contributed by atoms with E-state index in [4.69, 9.17) is 27.9 Å². The number of nitrogens with zero attached hydrogens (tertiary/aromatic N) is 9. The maximum atomic E-state index is 14.8. The highest BCUT2D eigenvalue weighted by Crippen LogP contribution is 2.29. The van der Waals surface area contributed by atoms with Crippen LogP contribution in [0.25, 0.3) is 0 Å². The van der Waals surface area contributed by atoms with Gasteiger partial charge in [-0.1, -0.05) is 113 Å². The fourth-order valence-electron chi connectivity index (χ4n) is 11.2. The number of carbonyl (C=O) groups is 6. The number of ether oxygens (including phenoxy) is 1. The fourth-order valence-corrected chi connectivity index (χ4v) is 11.6. The number of Topliss-reactive ketones (excluding diaryl/α,β-unsaturated/α-hetero) is 3. The van der Waals surface area contributed by atoms with Gasteiger partial charge in [-0.25, -0.2) is 19.3 Å². The molecule has 23 heteroatoms. The molecule has 3 N–H and O–H groups in total. The number of amidine groups is 3. The molecule has 3 amide bonds. The summed E-state index contributed by atoms with van der Waals surface area (Å²) in [5, 5.41) is 9.21. The number of nitrogens with one attached hydrogen (secondary N) is 3. The number of carbonyl (C=O) groups excluding carboxylic acids is 6. The summed E-state index contributed by atoms with van der Waals surface area (Å²) in [4.78, 5) is 110. The third-order valence-electron chi connectivity index (χ3n) is 16.4. The maximum Gasteiger partial charge on any atom is 0.257 e. The molecule has 3 aromatic heterocycles. The number of ketones is 3. The van der Waals surface area contributed by atoms with Gasteiger partial charge < -0.3 is 35.4 Å². The van der Waals surface area contributed by atoms with Crippen molar-refractivity contribution in [3.63, 3.8) is 0 Å². The predicted octanol–water partition coefficient (Wildman–Crippen LogP) is 13.5. The van der Waals surface area contributed by atoms with Gasteiger partial charge in [0.2, 0.25) is 0 Å². The Morgan fingerprint density at radius 3 is 1.29 bits per heavy atom. The second-order valence-corrected chi connectivity index (χ2v) is 25.6. The quantitative estimate of drug-likeness (QED) is 0.0640. The van der Waals surface area contributed by atoms with Crippen molar-refractivity contribution in [2.24, 2.45) is 15.0 Å². The summed E-state index contributed by atoms with van der Waals surface area (Å²) in [5.74, 6) is 1.97. The molecule has 3 aliphatic heterocycles. The summed E-state index contributed by atoms with van der Waals surface area (Å²) in [6, 6.07) is 43.7. The molecule has 0 atom stereocenters. The maximum absolute atomic E-state index is 14.8. The van der Waals surface area contributed by atoms with Crippen LogP contribution in [-0.2, 0) is 19.3 Å². The van der Waals surface area contributed by atoms with Crippen molar-refractivity contribution in [3.8, 4) is 5.75 Å². The van der Waals surface area contributed by atoms with Gasteiger partial charge in [-0.3, -0.25) is 43.7 Å². The lowest BCUT2D eigenvalue weighted by atomic mass is 9.95. The molecule has 0 radical (unpaired) electrons. The van der Waals surface area contributed by atoms with Crippen LogP contribution in [0.2, 0.25) is 10.0 Å². The van der Waals surface area contributed by atoms with Gasteiger partial charge in [0.1, 0.15) is 46.5 Å². The molecule has 0 aliphatic carbocycles. The number of methoxy groups -OCH3 is 1. The molecule has 12 rings (SSSR count). The largest absolute Gasteiger partial charge is 0.496 e. The summed E-state index contributed by atoms with van der Waals surface area (Å²) in [7, 11) is 7.44. The second kappa shape index (κ2) is 32.6. The minimum atomic E-state index is -0.607. The Labute approximate surface area is 591 Å². The highest BCUT2D eigenvalue weighted by Gasteiger charge is 2.25. The molecule has 6 aromatic carbocycles. The first-order valence-electron chi connectivity index (χ1n) is 31.6. The molecule has 0 saturated heterocycles. The van der Waals surface area contributed by atoms with E-state index < -0.39 is 17.5 Å². The van der Waals surface area contributed by atoms with Crippen molar-refractivity contribution in [2.75, 3.05) is 83.5 Å². The van der Waals surface area contributed by atoms with Crippen molar-refractivity contribution in [1.82, 2.24) is 29.7 Å². The van der Waals surface area contributed by atoms with E-state index in [1.165, 1.54) is 31.6 Å². The lowest BCUT2D eigenvalue weighted by molar-refractivity contribution is 0.0977. The Balaban J connectivity index is 0.000000161. The summed E-state index contributed by atoms with van der Waals surface area (Å²) < 4.78 is 21.2. The molecule has 0 fully saturated rings. The van der Waals surface area contributed by atoms with Crippen LogP contribution in [0.5, 0.6) is 5.75 Å². The molecule has 504 valence electrons. The number of aryl methyl sites for hydroxylation is 3. The van der Waals surface area contributed by atoms with Crippen molar-refractivity contribution in [3.05, 3.63) is 274 Å². The van der Waals surface area contributed by atoms with Crippen molar-refractivity contribution < 1.29 is 37.9 Å². The lowest BCUT2D eigenvalue weighted by Gasteiger charge is -2.16. The minimum Gasteiger partial charge on any atom is -0.496 e. The highest BCUT2D eigenvalue weighted by molar-refractivity contribution is 9.10. The number of amides is 3. The van der Waals surface area contributed by atoms with Crippen LogP contribution in [0.15, 0.2) is 190 Å². The normalized spacial score (nSPS) is 13.0. The zero-order chi connectivity index (χ0) is 70.4. The summed E-state index contributed by atoms with van der Waals surface area (Å²) in [5.41, 5.74) is 9.26. The van der Waals surface area contributed by atoms with Gasteiger partial charge in [-0.05, 0) is 126 Å². The van der Waals surface area contributed by atoms with E-state index in [-0.39, 0.29) is 48.2 Å². The van der Waals surface area contributed by atoms with Crippen molar-refractivity contribution in [2.45, 2.75) is 40.0 Å². The summed E-state index contributed by atoms with van der Waals surface area (Å²) in [6.45, 7) is 10.4. The van der Waals surface area contributed by atoms with Gasteiger partial charge in [-0.2, -0.15) is 0 Å². The molecule has 6 heterocycles. The number of benzene rings is 6. The number of halogens is 4. The van der Waals surface area contributed by atoms with E-state index in [1.807, 2.05) is 114 Å². The zero-order valence-corrected chi connectivity index (χ0v) is 58.5. The highest BCUT2D eigenvalue weighted by atomic mass is 79.9. The van der Waals surface area contributed by atoms with Crippen LogP contribution in [0, 0.1) is 26.6 Å². The summed E-state index contributed by atoms with van der Waals surface area (Å²) in [6.07, 6.45) is 4.54. The van der Waals surface area contributed by atoms with Gasteiger partial charge >= 0.3 is 0 Å². The van der Waals surface area contributed by atoms with Crippen LogP contribution in [0.1, 0.15) is 112 Å². The van der Waals surface area contributed by atoms with Crippen molar-refractivity contribution >= 4 is 109 Å². The van der Waals surface area contributed by atoms with E-state index >= 15 is 0 Å². The van der Waals surface area contributed by atoms with Gasteiger partial charge in [0.25, 0.3) is 17.7 Å². The molecule has 0 spiro atoms. The molecule has 9 aromatic rings. The van der Waals surface area contributed by atoms with E-state index in [1.54, 1.807) is 79.0 Å². The number of hydrogen-bond donors (Lipinski definition) is 3. The first-order chi connectivity index (χ1) is 47.6. The average Bonchev–Trinajstić information content (AvgIpc) is 1.81. The van der Waals surface area contributed by atoms with E-state index in [2.05, 4.69) is 71.6 Å². The number of hydrogen-bond acceptors (Lipinski definition) is 16. The van der Waals surface area contributed by atoms with Crippen LogP contribution in [0.4, 0.5) is 21.8 Å².